The Labute approximate surface area is 131 Å². The summed E-state index contributed by atoms with van der Waals surface area (Å²) in [5.74, 6) is 0.520. The van der Waals surface area contributed by atoms with Crippen LogP contribution >= 0.6 is 12.4 Å². The maximum absolute atomic E-state index is 9.39. The van der Waals surface area contributed by atoms with Crippen LogP contribution in [0.2, 0.25) is 0 Å². The molecular formula is C18H19ClO2. The average Bonchev–Trinajstić information content (AvgIpc) is 2.47. The van der Waals surface area contributed by atoms with E-state index in [4.69, 9.17) is 0 Å². The lowest BCUT2D eigenvalue weighted by atomic mass is 9.92. The normalized spacial score (nSPS) is 11.9. The number of hydrogen-bond acceptors (Lipinski definition) is 2. The Balaban J connectivity index is 0.00000220. The van der Waals surface area contributed by atoms with Gasteiger partial charge in [0.1, 0.15) is 11.5 Å². The highest BCUT2D eigenvalue weighted by molar-refractivity contribution is 6.04. The Morgan fingerprint density at radius 1 is 0.667 bits per heavy atom. The molecule has 2 aromatic rings. The van der Waals surface area contributed by atoms with Crippen LogP contribution in [0.15, 0.2) is 60.7 Å². The van der Waals surface area contributed by atoms with E-state index in [0.717, 1.165) is 22.3 Å². The van der Waals surface area contributed by atoms with Crippen LogP contribution in [0.3, 0.4) is 0 Å². The third-order valence-electron chi connectivity index (χ3n) is 3.22. The van der Waals surface area contributed by atoms with Crippen molar-refractivity contribution >= 4 is 23.6 Å². The van der Waals surface area contributed by atoms with E-state index in [1.807, 2.05) is 38.1 Å². The zero-order valence-corrected chi connectivity index (χ0v) is 12.9. The van der Waals surface area contributed by atoms with Gasteiger partial charge in [0, 0.05) is 0 Å². The molecule has 0 unspecified atom stereocenters. The summed E-state index contributed by atoms with van der Waals surface area (Å²) in [6.45, 7) is 3.98. The minimum Gasteiger partial charge on any atom is -0.508 e. The standard InChI is InChI=1S/C18H18O2.ClH/c1-3-17(13-5-9-15(19)10-6-13)18(4-2)14-7-11-16(20)12-8-14;/h3-12,19-20H,1-2H3;1H/b17-3+,18-4+;. The van der Waals surface area contributed by atoms with E-state index in [0.29, 0.717) is 0 Å². The molecule has 0 aliphatic rings. The van der Waals surface area contributed by atoms with Crippen molar-refractivity contribution in [3.63, 3.8) is 0 Å². The number of benzene rings is 2. The SMILES string of the molecule is C/C=C(/C(=C/C)c1ccc(O)cc1)c1ccc(O)cc1.Cl. The summed E-state index contributed by atoms with van der Waals surface area (Å²) in [5, 5.41) is 18.8. The summed E-state index contributed by atoms with van der Waals surface area (Å²) in [6.07, 6.45) is 4.10. The first-order valence-electron chi connectivity index (χ1n) is 6.57. The highest BCUT2D eigenvalue weighted by atomic mass is 35.5. The van der Waals surface area contributed by atoms with Gasteiger partial charge in [-0.1, -0.05) is 36.4 Å². The second-order valence-corrected chi connectivity index (χ2v) is 4.50. The van der Waals surface area contributed by atoms with Crippen LogP contribution in [-0.4, -0.2) is 10.2 Å². The van der Waals surface area contributed by atoms with E-state index in [1.165, 1.54) is 0 Å². The zero-order chi connectivity index (χ0) is 14.5. The largest absolute Gasteiger partial charge is 0.508 e. The van der Waals surface area contributed by atoms with Crippen molar-refractivity contribution in [1.29, 1.82) is 0 Å². The molecule has 0 radical (unpaired) electrons. The van der Waals surface area contributed by atoms with Gasteiger partial charge in [-0.2, -0.15) is 0 Å². The van der Waals surface area contributed by atoms with Gasteiger partial charge >= 0.3 is 0 Å². The maximum Gasteiger partial charge on any atom is 0.115 e. The van der Waals surface area contributed by atoms with Gasteiger partial charge in [-0.05, 0) is 60.4 Å². The van der Waals surface area contributed by atoms with Crippen molar-refractivity contribution in [2.75, 3.05) is 0 Å². The highest BCUT2D eigenvalue weighted by Crippen LogP contribution is 2.32. The van der Waals surface area contributed by atoms with E-state index >= 15 is 0 Å². The molecule has 110 valence electrons. The van der Waals surface area contributed by atoms with Crippen molar-refractivity contribution in [3.05, 3.63) is 71.8 Å². The second-order valence-electron chi connectivity index (χ2n) is 4.50. The molecule has 0 heterocycles. The Kier molecular flexibility index (Phi) is 6.07. The lowest BCUT2D eigenvalue weighted by Gasteiger charge is -2.13. The van der Waals surface area contributed by atoms with Crippen LogP contribution in [0, 0.1) is 0 Å². The first kappa shape index (κ1) is 16.9. The maximum atomic E-state index is 9.39. The van der Waals surface area contributed by atoms with Gasteiger partial charge in [-0.15, -0.1) is 12.4 Å². The van der Waals surface area contributed by atoms with Crippen LogP contribution in [0.4, 0.5) is 0 Å². The van der Waals surface area contributed by atoms with E-state index in [1.54, 1.807) is 24.3 Å². The summed E-state index contributed by atoms with van der Waals surface area (Å²) in [4.78, 5) is 0. The lowest BCUT2D eigenvalue weighted by Crippen LogP contribution is -1.90. The number of halogens is 1. The molecule has 0 aromatic heterocycles. The molecule has 2 nitrogen and oxygen atoms in total. The molecule has 0 aliphatic carbocycles. The van der Waals surface area contributed by atoms with Gasteiger partial charge in [0.2, 0.25) is 0 Å². The minimum absolute atomic E-state index is 0. The van der Waals surface area contributed by atoms with Gasteiger partial charge in [0.15, 0.2) is 0 Å². The van der Waals surface area contributed by atoms with Crippen LogP contribution in [-0.2, 0) is 0 Å². The molecule has 0 spiro atoms. The second kappa shape index (κ2) is 7.55. The molecule has 0 atom stereocenters. The van der Waals surface area contributed by atoms with E-state index in [-0.39, 0.29) is 23.9 Å². The van der Waals surface area contributed by atoms with Crippen LogP contribution in [0.1, 0.15) is 25.0 Å². The number of rotatable bonds is 3. The average molecular weight is 303 g/mol. The Bertz CT molecular complexity index is 578. The Morgan fingerprint density at radius 3 is 1.19 bits per heavy atom. The van der Waals surface area contributed by atoms with E-state index in [2.05, 4.69) is 12.2 Å². The number of phenols is 2. The van der Waals surface area contributed by atoms with Crippen molar-refractivity contribution in [3.8, 4) is 11.5 Å². The number of allylic oxidation sites excluding steroid dienone is 4. The third kappa shape index (κ3) is 3.89. The van der Waals surface area contributed by atoms with E-state index in [9.17, 15) is 10.2 Å². The third-order valence-corrected chi connectivity index (χ3v) is 3.22. The summed E-state index contributed by atoms with van der Waals surface area (Å²) >= 11 is 0. The van der Waals surface area contributed by atoms with Gasteiger partial charge in [0.25, 0.3) is 0 Å². The van der Waals surface area contributed by atoms with Crippen molar-refractivity contribution in [2.24, 2.45) is 0 Å². The topological polar surface area (TPSA) is 40.5 Å². The Hall–Kier alpha value is -2.19. The Morgan fingerprint density at radius 2 is 0.952 bits per heavy atom. The van der Waals surface area contributed by atoms with Gasteiger partial charge in [-0.3, -0.25) is 0 Å². The number of hydrogen-bond donors (Lipinski definition) is 2. The van der Waals surface area contributed by atoms with Gasteiger partial charge in [-0.25, -0.2) is 0 Å². The van der Waals surface area contributed by atoms with Crippen molar-refractivity contribution in [2.45, 2.75) is 13.8 Å². The van der Waals surface area contributed by atoms with E-state index < -0.39 is 0 Å². The quantitative estimate of drug-likeness (QED) is 0.781. The first-order chi connectivity index (χ1) is 9.65. The molecule has 2 aromatic carbocycles. The number of aromatic hydroxyl groups is 2. The van der Waals surface area contributed by atoms with Gasteiger partial charge < -0.3 is 10.2 Å². The first-order valence-corrected chi connectivity index (χ1v) is 6.57. The monoisotopic (exact) mass is 302 g/mol. The highest BCUT2D eigenvalue weighted by Gasteiger charge is 2.09. The molecule has 21 heavy (non-hydrogen) atoms. The number of phenolic OH excluding ortho intramolecular Hbond substituents is 2. The minimum atomic E-state index is 0. The molecule has 2 N–H and O–H groups in total. The zero-order valence-electron chi connectivity index (χ0n) is 12.1. The fraction of sp³-hybridized carbons (Fsp3) is 0.111. The summed E-state index contributed by atoms with van der Waals surface area (Å²) in [7, 11) is 0. The molecule has 2 rings (SSSR count). The smallest absolute Gasteiger partial charge is 0.115 e. The van der Waals surface area contributed by atoms with Crippen molar-refractivity contribution in [1.82, 2.24) is 0 Å². The van der Waals surface area contributed by atoms with Crippen molar-refractivity contribution < 1.29 is 10.2 Å². The predicted molar refractivity (Wildman–Crippen MR) is 90.8 cm³/mol. The lowest BCUT2D eigenvalue weighted by molar-refractivity contribution is 0.474. The van der Waals surface area contributed by atoms with Crippen LogP contribution in [0.25, 0.3) is 11.1 Å². The van der Waals surface area contributed by atoms with Crippen LogP contribution in [0.5, 0.6) is 11.5 Å². The summed E-state index contributed by atoms with van der Waals surface area (Å²) in [6, 6.07) is 14.3. The fourth-order valence-electron chi connectivity index (χ4n) is 2.24. The molecule has 3 heteroatoms. The molecule has 0 bridgehead atoms. The van der Waals surface area contributed by atoms with Crippen LogP contribution < -0.4 is 0 Å². The molecule has 0 fully saturated rings. The fourth-order valence-corrected chi connectivity index (χ4v) is 2.24. The van der Waals surface area contributed by atoms with Gasteiger partial charge in [0.05, 0.1) is 0 Å². The summed E-state index contributed by atoms with van der Waals surface area (Å²) < 4.78 is 0. The molecular weight excluding hydrogens is 284 g/mol. The predicted octanol–water partition coefficient (Wildman–Crippen LogP) is 5.03. The summed E-state index contributed by atoms with van der Waals surface area (Å²) in [5.41, 5.74) is 4.29. The molecule has 0 amide bonds. The molecule has 0 saturated heterocycles. The molecule has 0 aliphatic heterocycles. The molecule has 0 saturated carbocycles.